The molecule has 0 bridgehead atoms. The van der Waals surface area contributed by atoms with Gasteiger partial charge in [0.2, 0.25) is 5.56 Å². The van der Waals surface area contributed by atoms with E-state index in [9.17, 15) is 9.59 Å². The number of rotatable bonds is 2. The number of hydrogen-bond acceptors (Lipinski definition) is 3. The van der Waals surface area contributed by atoms with Crippen molar-refractivity contribution < 1.29 is 4.79 Å². The maximum atomic E-state index is 12.1. The standard InChI is InChI=1S/C14H19N3O2/c18-13-5-1-4-12(16-13)14(19)15-10-6-8-17-7-2-3-11(17)9-10/h1,4-5,10-11H,2-3,6-9H2,(H,15,19)(H,16,18). The summed E-state index contributed by atoms with van der Waals surface area (Å²) in [5.74, 6) is -0.172. The van der Waals surface area contributed by atoms with E-state index in [1.165, 1.54) is 25.5 Å². The molecule has 1 amide bonds. The number of nitrogens with zero attached hydrogens (tertiary/aromatic N) is 1. The first kappa shape index (κ1) is 12.4. The van der Waals surface area contributed by atoms with Crippen molar-refractivity contribution in [1.29, 1.82) is 0 Å². The molecule has 1 aromatic heterocycles. The minimum atomic E-state index is -0.238. The summed E-state index contributed by atoms with van der Waals surface area (Å²) in [6.07, 6.45) is 4.55. The van der Waals surface area contributed by atoms with Crippen LogP contribution in [-0.2, 0) is 0 Å². The Hall–Kier alpha value is -1.62. The first-order chi connectivity index (χ1) is 9.22. The number of aromatic nitrogens is 1. The van der Waals surface area contributed by atoms with Gasteiger partial charge in [0, 0.05) is 24.7 Å². The van der Waals surface area contributed by atoms with Gasteiger partial charge in [0.05, 0.1) is 0 Å². The van der Waals surface area contributed by atoms with Gasteiger partial charge in [0.1, 0.15) is 5.69 Å². The summed E-state index contributed by atoms with van der Waals surface area (Å²) in [6.45, 7) is 2.28. The van der Waals surface area contributed by atoms with Crippen LogP contribution < -0.4 is 10.9 Å². The van der Waals surface area contributed by atoms with E-state index in [0.29, 0.717) is 11.7 Å². The largest absolute Gasteiger partial charge is 0.348 e. The van der Waals surface area contributed by atoms with Crippen LogP contribution in [0.5, 0.6) is 0 Å². The predicted molar refractivity (Wildman–Crippen MR) is 72.1 cm³/mol. The van der Waals surface area contributed by atoms with Gasteiger partial charge in [0.15, 0.2) is 0 Å². The van der Waals surface area contributed by atoms with Crippen molar-refractivity contribution in [3.63, 3.8) is 0 Å². The maximum Gasteiger partial charge on any atom is 0.268 e. The highest BCUT2D eigenvalue weighted by Crippen LogP contribution is 2.26. The zero-order valence-corrected chi connectivity index (χ0v) is 10.9. The summed E-state index contributed by atoms with van der Waals surface area (Å²) in [7, 11) is 0. The molecule has 2 unspecified atom stereocenters. The van der Waals surface area contributed by atoms with Crippen LogP contribution in [0.25, 0.3) is 0 Å². The molecule has 0 aromatic carbocycles. The molecule has 2 aliphatic rings. The van der Waals surface area contributed by atoms with Gasteiger partial charge in [-0.25, -0.2) is 0 Å². The molecule has 2 atom stereocenters. The van der Waals surface area contributed by atoms with E-state index in [1.54, 1.807) is 12.1 Å². The SMILES string of the molecule is O=C(NC1CCN2CCCC2C1)c1cccc(=O)[nH]1. The molecule has 1 aromatic rings. The molecule has 0 spiro atoms. The van der Waals surface area contributed by atoms with E-state index in [0.717, 1.165) is 19.4 Å². The van der Waals surface area contributed by atoms with Crippen LogP contribution >= 0.6 is 0 Å². The lowest BCUT2D eigenvalue weighted by atomic mass is 9.97. The lowest BCUT2D eigenvalue weighted by Crippen LogP contribution is -2.47. The van der Waals surface area contributed by atoms with Crippen LogP contribution in [0.1, 0.15) is 36.2 Å². The van der Waals surface area contributed by atoms with E-state index in [1.807, 2.05) is 0 Å². The van der Waals surface area contributed by atoms with Crippen LogP contribution in [0.15, 0.2) is 23.0 Å². The molecule has 3 heterocycles. The monoisotopic (exact) mass is 261 g/mol. The lowest BCUT2D eigenvalue weighted by Gasteiger charge is -2.35. The Morgan fingerprint density at radius 2 is 2.21 bits per heavy atom. The van der Waals surface area contributed by atoms with Gasteiger partial charge >= 0.3 is 0 Å². The fraction of sp³-hybridized carbons (Fsp3) is 0.571. The quantitative estimate of drug-likeness (QED) is 0.825. The zero-order chi connectivity index (χ0) is 13.2. The summed E-state index contributed by atoms with van der Waals surface area (Å²) in [4.78, 5) is 28.3. The van der Waals surface area contributed by atoms with Crippen LogP contribution in [-0.4, -0.2) is 41.0 Å². The van der Waals surface area contributed by atoms with Crippen molar-refractivity contribution in [3.05, 3.63) is 34.2 Å². The maximum absolute atomic E-state index is 12.1. The number of pyridine rings is 1. The summed E-state index contributed by atoms with van der Waals surface area (Å²) >= 11 is 0. The third-order valence-corrected chi connectivity index (χ3v) is 4.17. The van der Waals surface area contributed by atoms with Crippen LogP contribution in [0.3, 0.4) is 0 Å². The number of nitrogens with one attached hydrogen (secondary N) is 2. The van der Waals surface area contributed by atoms with Gasteiger partial charge in [-0.3, -0.25) is 9.59 Å². The average Bonchev–Trinajstić information content (AvgIpc) is 2.86. The highest BCUT2D eigenvalue weighted by atomic mass is 16.2. The number of amides is 1. The van der Waals surface area contributed by atoms with Gasteiger partial charge in [0.25, 0.3) is 5.91 Å². The molecular weight excluding hydrogens is 242 g/mol. The first-order valence-corrected chi connectivity index (χ1v) is 6.96. The molecular formula is C14H19N3O2. The van der Waals surface area contributed by atoms with Crippen LogP contribution in [0, 0.1) is 0 Å². The first-order valence-electron chi connectivity index (χ1n) is 6.96. The van der Waals surface area contributed by atoms with Crippen molar-refractivity contribution in [1.82, 2.24) is 15.2 Å². The molecule has 5 nitrogen and oxygen atoms in total. The molecule has 19 heavy (non-hydrogen) atoms. The van der Waals surface area contributed by atoms with E-state index < -0.39 is 0 Å². The molecule has 3 rings (SSSR count). The Morgan fingerprint density at radius 1 is 1.32 bits per heavy atom. The smallest absolute Gasteiger partial charge is 0.268 e. The van der Waals surface area contributed by atoms with E-state index >= 15 is 0 Å². The number of piperidine rings is 1. The second-order valence-electron chi connectivity index (χ2n) is 5.46. The topological polar surface area (TPSA) is 65.2 Å². The number of H-pyrrole nitrogens is 1. The van der Waals surface area contributed by atoms with Crippen molar-refractivity contribution in [2.45, 2.75) is 37.8 Å². The number of aromatic amines is 1. The van der Waals surface area contributed by atoms with Crippen molar-refractivity contribution >= 4 is 5.91 Å². The Balaban J connectivity index is 1.62. The zero-order valence-electron chi connectivity index (χ0n) is 10.9. The molecule has 2 aliphatic heterocycles. The third-order valence-electron chi connectivity index (χ3n) is 4.17. The number of fused-ring (bicyclic) bond motifs is 1. The number of hydrogen-bond donors (Lipinski definition) is 2. The Labute approximate surface area is 112 Å². The third kappa shape index (κ3) is 2.71. The van der Waals surface area contributed by atoms with Gasteiger partial charge < -0.3 is 15.2 Å². The molecule has 2 saturated heterocycles. The van der Waals surface area contributed by atoms with E-state index in [4.69, 9.17) is 0 Å². The van der Waals surface area contributed by atoms with Crippen molar-refractivity contribution in [2.75, 3.05) is 13.1 Å². The summed E-state index contributed by atoms with van der Waals surface area (Å²) in [5.41, 5.74) is 0.111. The Kier molecular flexibility index (Phi) is 3.38. The van der Waals surface area contributed by atoms with E-state index in [-0.39, 0.29) is 17.5 Å². The normalized spacial score (nSPS) is 26.9. The Morgan fingerprint density at radius 3 is 3.05 bits per heavy atom. The van der Waals surface area contributed by atoms with Crippen molar-refractivity contribution in [3.8, 4) is 0 Å². The minimum Gasteiger partial charge on any atom is -0.348 e. The summed E-state index contributed by atoms with van der Waals surface area (Å²) < 4.78 is 0. The van der Waals surface area contributed by atoms with Gasteiger partial charge in [-0.05, 0) is 38.3 Å². The fourth-order valence-electron chi connectivity index (χ4n) is 3.20. The molecule has 0 radical (unpaired) electrons. The Bertz CT molecular complexity index is 525. The molecule has 0 saturated carbocycles. The summed E-state index contributed by atoms with van der Waals surface area (Å²) in [5, 5.41) is 3.04. The van der Waals surface area contributed by atoms with Gasteiger partial charge in [-0.2, -0.15) is 0 Å². The second kappa shape index (κ2) is 5.17. The molecule has 5 heteroatoms. The average molecular weight is 261 g/mol. The van der Waals surface area contributed by atoms with Gasteiger partial charge in [-0.1, -0.05) is 6.07 Å². The lowest BCUT2D eigenvalue weighted by molar-refractivity contribution is 0.0891. The minimum absolute atomic E-state index is 0.172. The molecule has 2 N–H and O–H groups in total. The second-order valence-corrected chi connectivity index (χ2v) is 5.46. The highest BCUT2D eigenvalue weighted by Gasteiger charge is 2.32. The van der Waals surface area contributed by atoms with E-state index in [2.05, 4.69) is 15.2 Å². The summed E-state index contributed by atoms with van der Waals surface area (Å²) in [6, 6.07) is 5.52. The predicted octanol–water partition coefficient (Wildman–Crippen LogP) is 0.732. The number of carbonyl (C=O) groups excluding carboxylic acids is 1. The molecule has 0 aliphatic carbocycles. The highest BCUT2D eigenvalue weighted by molar-refractivity contribution is 5.92. The van der Waals surface area contributed by atoms with Gasteiger partial charge in [-0.15, -0.1) is 0 Å². The van der Waals surface area contributed by atoms with Crippen molar-refractivity contribution in [2.24, 2.45) is 0 Å². The number of carbonyl (C=O) groups is 1. The molecule has 102 valence electrons. The van der Waals surface area contributed by atoms with Crippen LogP contribution in [0.4, 0.5) is 0 Å². The fourth-order valence-corrected chi connectivity index (χ4v) is 3.20. The van der Waals surface area contributed by atoms with Crippen LogP contribution in [0.2, 0.25) is 0 Å². The molecule has 2 fully saturated rings.